The van der Waals surface area contributed by atoms with E-state index in [-0.39, 0.29) is 12.1 Å². The van der Waals surface area contributed by atoms with Crippen molar-refractivity contribution < 1.29 is 19.1 Å². The standard InChI is InChI=1S/C23H26N2O4/c1-15-16(2)25(19-11-10-17-8-6-7-9-18(17)14-19)22(3,4)23(24(15)5)28-20(26)12-13-21(27)29-23/h6-16H,1-5H3. The van der Waals surface area contributed by atoms with Crippen molar-refractivity contribution in [3.8, 4) is 0 Å². The van der Waals surface area contributed by atoms with Crippen molar-refractivity contribution in [1.82, 2.24) is 4.90 Å². The van der Waals surface area contributed by atoms with E-state index in [2.05, 4.69) is 42.2 Å². The molecule has 0 saturated carbocycles. The fourth-order valence-corrected chi connectivity index (χ4v) is 4.68. The molecule has 2 heterocycles. The second-order valence-corrected chi connectivity index (χ2v) is 8.31. The average Bonchev–Trinajstić information content (AvgIpc) is 2.85. The van der Waals surface area contributed by atoms with Crippen LogP contribution in [0.1, 0.15) is 27.7 Å². The lowest BCUT2D eigenvalue weighted by Crippen LogP contribution is -2.80. The Morgan fingerprint density at radius 3 is 2.07 bits per heavy atom. The van der Waals surface area contributed by atoms with Gasteiger partial charge in [-0.15, -0.1) is 0 Å². The summed E-state index contributed by atoms with van der Waals surface area (Å²) in [5.74, 6) is -2.77. The van der Waals surface area contributed by atoms with Gasteiger partial charge in [-0.3, -0.25) is 0 Å². The molecule has 2 unspecified atom stereocenters. The lowest BCUT2D eigenvalue weighted by Gasteiger charge is -2.62. The van der Waals surface area contributed by atoms with E-state index in [1.807, 2.05) is 44.9 Å². The predicted molar refractivity (Wildman–Crippen MR) is 111 cm³/mol. The molecule has 6 nitrogen and oxygen atoms in total. The van der Waals surface area contributed by atoms with Crippen molar-refractivity contribution >= 4 is 28.4 Å². The van der Waals surface area contributed by atoms with Crippen LogP contribution in [0, 0.1) is 0 Å². The third-order valence-electron chi connectivity index (χ3n) is 6.40. The first-order valence-electron chi connectivity index (χ1n) is 9.82. The fraction of sp³-hybridized carbons (Fsp3) is 0.391. The largest absolute Gasteiger partial charge is 0.403 e. The van der Waals surface area contributed by atoms with Gasteiger partial charge in [0.05, 0.1) is 0 Å². The molecule has 2 atom stereocenters. The van der Waals surface area contributed by atoms with Crippen LogP contribution >= 0.6 is 0 Å². The summed E-state index contributed by atoms with van der Waals surface area (Å²) in [6, 6.07) is 14.4. The van der Waals surface area contributed by atoms with Crippen LogP contribution < -0.4 is 4.90 Å². The Hall–Kier alpha value is -2.86. The Bertz CT molecular complexity index is 993. The SMILES string of the molecule is CC1C(C)N(C)C2(OC(=O)C=CC(=O)O2)C(C)(C)N1c1ccc2ccccc2c1. The van der Waals surface area contributed by atoms with E-state index in [4.69, 9.17) is 9.47 Å². The van der Waals surface area contributed by atoms with Gasteiger partial charge in [-0.1, -0.05) is 30.3 Å². The molecule has 1 spiro atoms. The van der Waals surface area contributed by atoms with E-state index in [1.54, 1.807) is 0 Å². The van der Waals surface area contributed by atoms with Gasteiger partial charge in [0.1, 0.15) is 5.54 Å². The zero-order valence-electron chi connectivity index (χ0n) is 17.4. The number of benzene rings is 2. The molecule has 0 aromatic heterocycles. The molecule has 2 aliphatic rings. The number of hydrogen-bond acceptors (Lipinski definition) is 6. The van der Waals surface area contributed by atoms with E-state index in [1.165, 1.54) is 0 Å². The van der Waals surface area contributed by atoms with E-state index in [0.717, 1.165) is 28.6 Å². The van der Waals surface area contributed by atoms with Crippen molar-refractivity contribution in [3.05, 3.63) is 54.6 Å². The minimum atomic E-state index is -1.57. The number of anilines is 1. The number of carbonyl (C=O) groups is 2. The summed E-state index contributed by atoms with van der Waals surface area (Å²) in [6.45, 7) is 8.04. The van der Waals surface area contributed by atoms with Crippen LogP contribution in [0.5, 0.6) is 0 Å². The maximum Gasteiger partial charge on any atom is 0.344 e. The van der Waals surface area contributed by atoms with Crippen LogP contribution in [0.3, 0.4) is 0 Å². The summed E-state index contributed by atoms with van der Waals surface area (Å²) in [6.07, 6.45) is 2.23. The molecule has 1 saturated heterocycles. The molecule has 0 aliphatic carbocycles. The Kier molecular flexibility index (Phi) is 4.42. The Morgan fingerprint density at radius 2 is 1.45 bits per heavy atom. The summed E-state index contributed by atoms with van der Waals surface area (Å²) in [5, 5.41) is 2.26. The van der Waals surface area contributed by atoms with Crippen molar-refractivity contribution in [2.24, 2.45) is 0 Å². The Balaban J connectivity index is 1.89. The topological polar surface area (TPSA) is 59.1 Å². The number of ether oxygens (including phenoxy) is 2. The molecule has 29 heavy (non-hydrogen) atoms. The number of nitrogens with zero attached hydrogens (tertiary/aromatic N) is 2. The van der Waals surface area contributed by atoms with Crippen LogP contribution in [0.25, 0.3) is 10.8 Å². The normalized spacial score (nSPS) is 26.3. The highest BCUT2D eigenvalue weighted by molar-refractivity contribution is 5.93. The molecule has 0 radical (unpaired) electrons. The highest BCUT2D eigenvalue weighted by Gasteiger charge is 2.65. The molecular formula is C23H26N2O4. The van der Waals surface area contributed by atoms with E-state index >= 15 is 0 Å². The zero-order chi connectivity index (χ0) is 21.0. The first-order chi connectivity index (χ1) is 13.7. The first-order valence-corrected chi connectivity index (χ1v) is 9.82. The Morgan fingerprint density at radius 1 is 0.862 bits per heavy atom. The molecular weight excluding hydrogens is 368 g/mol. The second-order valence-electron chi connectivity index (χ2n) is 8.31. The smallest absolute Gasteiger partial charge is 0.344 e. The summed E-state index contributed by atoms with van der Waals surface area (Å²) < 4.78 is 11.6. The number of fused-ring (bicyclic) bond motifs is 1. The van der Waals surface area contributed by atoms with E-state index < -0.39 is 23.4 Å². The van der Waals surface area contributed by atoms with Gasteiger partial charge in [0, 0.05) is 29.9 Å². The molecule has 2 aliphatic heterocycles. The van der Waals surface area contributed by atoms with Crippen LogP contribution in [-0.2, 0) is 19.1 Å². The molecule has 4 rings (SSSR count). The number of carbonyl (C=O) groups excluding carboxylic acids is 2. The second kappa shape index (κ2) is 6.59. The van der Waals surface area contributed by atoms with Gasteiger partial charge in [-0.25, -0.2) is 14.5 Å². The molecule has 2 aromatic rings. The predicted octanol–water partition coefficient (Wildman–Crippen LogP) is 3.46. The van der Waals surface area contributed by atoms with Crippen molar-refractivity contribution in [2.45, 2.75) is 51.2 Å². The van der Waals surface area contributed by atoms with Gasteiger partial charge < -0.3 is 14.4 Å². The third-order valence-corrected chi connectivity index (χ3v) is 6.40. The van der Waals surface area contributed by atoms with Gasteiger partial charge in [-0.2, -0.15) is 0 Å². The van der Waals surface area contributed by atoms with Gasteiger partial charge in [0.25, 0.3) is 0 Å². The molecule has 0 bridgehead atoms. The van der Waals surface area contributed by atoms with Crippen molar-refractivity contribution in [1.29, 1.82) is 0 Å². The summed E-state index contributed by atoms with van der Waals surface area (Å²) >= 11 is 0. The van der Waals surface area contributed by atoms with Crippen LogP contribution in [-0.4, -0.2) is 47.4 Å². The molecule has 1 fully saturated rings. The maximum atomic E-state index is 12.4. The number of rotatable bonds is 1. The van der Waals surface area contributed by atoms with Crippen LogP contribution in [0.15, 0.2) is 54.6 Å². The van der Waals surface area contributed by atoms with Crippen LogP contribution in [0.2, 0.25) is 0 Å². The molecule has 2 aromatic carbocycles. The van der Waals surface area contributed by atoms with Gasteiger partial charge >= 0.3 is 17.8 Å². The minimum absolute atomic E-state index is 0.0619. The summed E-state index contributed by atoms with van der Waals surface area (Å²) in [7, 11) is 1.83. The summed E-state index contributed by atoms with van der Waals surface area (Å²) in [4.78, 5) is 28.7. The Labute approximate surface area is 170 Å². The van der Waals surface area contributed by atoms with E-state index in [0.29, 0.717) is 0 Å². The molecule has 6 heteroatoms. The highest BCUT2D eigenvalue weighted by Crippen LogP contribution is 2.46. The lowest BCUT2D eigenvalue weighted by molar-refractivity contribution is -0.321. The highest BCUT2D eigenvalue weighted by atomic mass is 16.8. The van der Waals surface area contributed by atoms with Gasteiger partial charge in [0.15, 0.2) is 0 Å². The van der Waals surface area contributed by atoms with Crippen molar-refractivity contribution in [3.63, 3.8) is 0 Å². The van der Waals surface area contributed by atoms with Gasteiger partial charge in [-0.05, 0) is 57.6 Å². The number of piperazine rings is 1. The van der Waals surface area contributed by atoms with E-state index in [9.17, 15) is 9.59 Å². The molecule has 152 valence electrons. The minimum Gasteiger partial charge on any atom is -0.403 e. The maximum absolute atomic E-state index is 12.4. The number of likely N-dealkylation sites (N-methyl/N-ethyl adjacent to an activating group) is 1. The summed E-state index contributed by atoms with van der Waals surface area (Å²) in [5.41, 5.74) is 0.109. The third kappa shape index (κ3) is 2.82. The molecule has 0 amide bonds. The average molecular weight is 394 g/mol. The molecule has 0 N–H and O–H groups in total. The zero-order valence-corrected chi connectivity index (χ0v) is 17.4. The van der Waals surface area contributed by atoms with Crippen LogP contribution in [0.4, 0.5) is 5.69 Å². The number of esters is 2. The fourth-order valence-electron chi connectivity index (χ4n) is 4.68. The lowest BCUT2D eigenvalue weighted by atomic mass is 9.85. The van der Waals surface area contributed by atoms with Crippen molar-refractivity contribution in [2.75, 3.05) is 11.9 Å². The van der Waals surface area contributed by atoms with Gasteiger partial charge in [0.2, 0.25) is 0 Å². The monoisotopic (exact) mass is 394 g/mol. The quantitative estimate of drug-likeness (QED) is 0.691. The first kappa shape index (κ1) is 19.5. The number of hydrogen-bond donors (Lipinski definition) is 0.